The molecule has 3 N–H and O–H groups in total. The Morgan fingerprint density at radius 1 is 1.06 bits per heavy atom. The number of ether oxygens (including phenoxy) is 1. The minimum atomic E-state index is -0.708. The van der Waals surface area contributed by atoms with Crippen molar-refractivity contribution in [2.75, 3.05) is 29.9 Å². The fourth-order valence-corrected chi connectivity index (χ4v) is 3.60. The Hall–Kier alpha value is -3.55. The summed E-state index contributed by atoms with van der Waals surface area (Å²) in [6.07, 6.45) is 2.10. The van der Waals surface area contributed by atoms with Gasteiger partial charge in [0.1, 0.15) is 5.75 Å². The maximum atomic E-state index is 12.9. The van der Waals surface area contributed by atoms with E-state index in [0.717, 1.165) is 24.9 Å². The molecule has 1 heterocycles. The number of para-hydroxylation sites is 3. The lowest BCUT2D eigenvalue weighted by Crippen LogP contribution is -2.50. The largest absolute Gasteiger partial charge is 0.477 e. The average molecular weight is 437 g/mol. The molecule has 1 fully saturated rings. The lowest BCUT2D eigenvalue weighted by atomic mass is 10.1. The molecule has 1 saturated carbocycles. The molecule has 8 heteroatoms. The van der Waals surface area contributed by atoms with E-state index in [-0.39, 0.29) is 36.9 Å². The van der Waals surface area contributed by atoms with E-state index in [4.69, 9.17) is 4.74 Å². The Kier molecular flexibility index (Phi) is 6.58. The third-order valence-corrected chi connectivity index (χ3v) is 5.40. The summed E-state index contributed by atoms with van der Waals surface area (Å²) in [5, 5.41) is 8.66. The maximum absolute atomic E-state index is 12.9. The van der Waals surface area contributed by atoms with E-state index in [0.29, 0.717) is 23.5 Å². The zero-order chi connectivity index (χ0) is 22.5. The topological polar surface area (TPSA) is 99.8 Å². The minimum Gasteiger partial charge on any atom is -0.477 e. The number of benzene rings is 2. The van der Waals surface area contributed by atoms with E-state index in [1.54, 1.807) is 30.3 Å². The predicted octanol–water partition coefficient (Wildman–Crippen LogP) is 2.31. The first-order valence-electron chi connectivity index (χ1n) is 11.0. The Labute approximate surface area is 187 Å². The lowest BCUT2D eigenvalue weighted by molar-refractivity contribution is -0.128. The summed E-state index contributed by atoms with van der Waals surface area (Å²) in [4.78, 5) is 39.8. The molecule has 168 valence electrons. The maximum Gasteiger partial charge on any atom is 0.262 e. The molecule has 2 aromatic rings. The van der Waals surface area contributed by atoms with Gasteiger partial charge in [0.05, 0.1) is 30.0 Å². The predicted molar refractivity (Wildman–Crippen MR) is 122 cm³/mol. The number of anilines is 2. The number of fused-ring (bicyclic) bond motifs is 1. The van der Waals surface area contributed by atoms with Gasteiger partial charge >= 0.3 is 0 Å². The summed E-state index contributed by atoms with van der Waals surface area (Å²) < 4.78 is 5.88. The Morgan fingerprint density at radius 3 is 2.59 bits per heavy atom. The number of carbonyl (C=O) groups excluding carboxylic acids is 3. The third kappa shape index (κ3) is 5.19. The van der Waals surface area contributed by atoms with Crippen LogP contribution in [-0.4, -0.2) is 49.5 Å². The van der Waals surface area contributed by atoms with Crippen molar-refractivity contribution >= 4 is 29.1 Å². The minimum absolute atomic E-state index is 0.0243. The molecule has 1 unspecified atom stereocenters. The van der Waals surface area contributed by atoms with Crippen LogP contribution in [0, 0.1) is 0 Å². The van der Waals surface area contributed by atoms with Crippen molar-refractivity contribution < 1.29 is 19.1 Å². The molecule has 0 aromatic heterocycles. The summed E-state index contributed by atoms with van der Waals surface area (Å²) >= 11 is 0. The number of hydrogen-bond acceptors (Lipinski definition) is 5. The molecule has 1 atom stereocenters. The summed E-state index contributed by atoms with van der Waals surface area (Å²) in [7, 11) is 0. The highest BCUT2D eigenvalue weighted by Gasteiger charge is 2.31. The van der Waals surface area contributed by atoms with Crippen LogP contribution in [0.5, 0.6) is 5.75 Å². The number of hydrogen-bond donors (Lipinski definition) is 3. The molecule has 3 amide bonds. The Bertz CT molecular complexity index is 1000. The normalized spacial score (nSPS) is 17.0. The lowest BCUT2D eigenvalue weighted by Gasteiger charge is -2.35. The van der Waals surface area contributed by atoms with E-state index in [2.05, 4.69) is 16.0 Å². The fourth-order valence-electron chi connectivity index (χ4n) is 3.60. The molecular weight excluding hydrogens is 408 g/mol. The van der Waals surface area contributed by atoms with Crippen molar-refractivity contribution in [2.45, 2.75) is 38.3 Å². The average Bonchev–Trinajstić information content (AvgIpc) is 3.61. The van der Waals surface area contributed by atoms with Gasteiger partial charge in [0.15, 0.2) is 6.10 Å². The Morgan fingerprint density at radius 2 is 1.81 bits per heavy atom. The highest BCUT2D eigenvalue weighted by Crippen LogP contribution is 2.33. The third-order valence-electron chi connectivity index (χ3n) is 5.40. The van der Waals surface area contributed by atoms with Gasteiger partial charge in [-0.2, -0.15) is 0 Å². The van der Waals surface area contributed by atoms with Crippen molar-refractivity contribution in [1.82, 2.24) is 10.6 Å². The second-order valence-electron chi connectivity index (χ2n) is 8.09. The van der Waals surface area contributed by atoms with Crippen molar-refractivity contribution in [3.05, 3.63) is 54.1 Å². The quantitative estimate of drug-likeness (QED) is 0.590. The molecule has 4 rings (SSSR count). The van der Waals surface area contributed by atoms with Crippen molar-refractivity contribution in [3.63, 3.8) is 0 Å². The van der Waals surface area contributed by atoms with E-state index in [1.165, 1.54) is 0 Å². The highest BCUT2D eigenvalue weighted by molar-refractivity contribution is 6.04. The number of amides is 3. The van der Waals surface area contributed by atoms with Crippen LogP contribution in [0.1, 0.15) is 36.5 Å². The molecule has 2 aliphatic rings. The van der Waals surface area contributed by atoms with E-state index in [9.17, 15) is 14.4 Å². The summed E-state index contributed by atoms with van der Waals surface area (Å²) in [6, 6.07) is 14.5. The van der Waals surface area contributed by atoms with Crippen molar-refractivity contribution in [3.8, 4) is 5.75 Å². The molecule has 0 saturated heterocycles. The summed E-state index contributed by atoms with van der Waals surface area (Å²) in [6.45, 7) is 2.83. The number of carbonyl (C=O) groups is 3. The second-order valence-corrected chi connectivity index (χ2v) is 8.09. The van der Waals surface area contributed by atoms with Crippen molar-refractivity contribution in [2.24, 2.45) is 0 Å². The molecule has 0 radical (unpaired) electrons. The first-order chi connectivity index (χ1) is 15.5. The molecule has 1 aliphatic carbocycles. The van der Waals surface area contributed by atoms with Crippen LogP contribution in [0.25, 0.3) is 0 Å². The van der Waals surface area contributed by atoms with E-state index >= 15 is 0 Å². The van der Waals surface area contributed by atoms with Crippen LogP contribution in [0.3, 0.4) is 0 Å². The van der Waals surface area contributed by atoms with E-state index in [1.807, 2.05) is 30.0 Å². The van der Waals surface area contributed by atoms with Gasteiger partial charge in [0, 0.05) is 12.6 Å². The molecule has 1 aliphatic heterocycles. The van der Waals surface area contributed by atoms with Gasteiger partial charge < -0.3 is 25.6 Å². The first kappa shape index (κ1) is 21.7. The van der Waals surface area contributed by atoms with Gasteiger partial charge in [-0.15, -0.1) is 0 Å². The molecule has 0 spiro atoms. The van der Waals surface area contributed by atoms with Crippen LogP contribution in [0.15, 0.2) is 48.5 Å². The zero-order valence-electron chi connectivity index (χ0n) is 18.1. The van der Waals surface area contributed by atoms with Gasteiger partial charge in [-0.25, -0.2) is 0 Å². The van der Waals surface area contributed by atoms with E-state index < -0.39 is 6.10 Å². The van der Waals surface area contributed by atoms with Gasteiger partial charge in [0.2, 0.25) is 5.91 Å². The zero-order valence-corrected chi connectivity index (χ0v) is 18.1. The Balaban J connectivity index is 1.46. The smallest absolute Gasteiger partial charge is 0.262 e. The molecular formula is C24H28N4O4. The van der Waals surface area contributed by atoms with Crippen LogP contribution in [0.2, 0.25) is 0 Å². The SMILES string of the molecule is CCCNC(=O)C1CN(CC(=O)Nc2ccccc2C(=O)NC2CC2)c2ccccc2O1. The van der Waals surface area contributed by atoms with Crippen LogP contribution in [-0.2, 0) is 9.59 Å². The standard InChI is InChI=1S/C24H28N4O4/c1-2-13-25-24(31)21-14-28(19-9-5-6-10-20(19)32-21)15-22(29)27-18-8-4-3-7-17(18)23(30)26-16-11-12-16/h3-10,16,21H,2,11-15H2,1H3,(H,25,31)(H,26,30)(H,27,29). The molecule has 32 heavy (non-hydrogen) atoms. The number of rotatable bonds is 8. The monoisotopic (exact) mass is 436 g/mol. The van der Waals surface area contributed by atoms with Gasteiger partial charge in [-0.3, -0.25) is 14.4 Å². The summed E-state index contributed by atoms with van der Waals surface area (Å²) in [5.41, 5.74) is 1.66. The molecule has 2 aromatic carbocycles. The van der Waals surface area contributed by atoms with Gasteiger partial charge in [-0.05, 0) is 43.5 Å². The summed E-state index contributed by atoms with van der Waals surface area (Å²) in [5.74, 6) is -0.102. The van der Waals surface area contributed by atoms with Crippen LogP contribution in [0.4, 0.5) is 11.4 Å². The second kappa shape index (κ2) is 9.72. The molecule has 0 bridgehead atoms. The van der Waals surface area contributed by atoms with Gasteiger partial charge in [0.25, 0.3) is 11.8 Å². The highest BCUT2D eigenvalue weighted by atomic mass is 16.5. The van der Waals surface area contributed by atoms with Crippen molar-refractivity contribution in [1.29, 1.82) is 0 Å². The number of nitrogens with one attached hydrogen (secondary N) is 3. The molecule has 8 nitrogen and oxygen atoms in total. The van der Waals surface area contributed by atoms with Gasteiger partial charge in [-0.1, -0.05) is 31.2 Å². The van der Waals surface area contributed by atoms with Crippen LogP contribution < -0.4 is 25.6 Å². The first-order valence-corrected chi connectivity index (χ1v) is 11.0. The number of nitrogens with zero attached hydrogens (tertiary/aromatic N) is 1. The van der Waals surface area contributed by atoms with Crippen LogP contribution >= 0.6 is 0 Å². The fraction of sp³-hybridized carbons (Fsp3) is 0.375.